The molecular weight excluding hydrogens is 268 g/mol. The van der Waals surface area contributed by atoms with E-state index in [4.69, 9.17) is 9.47 Å². The van der Waals surface area contributed by atoms with Crippen LogP contribution < -0.4 is 10.3 Å². The first-order valence-electron chi connectivity index (χ1n) is 7.21. The molecule has 108 valence electrons. The highest BCUT2D eigenvalue weighted by molar-refractivity contribution is 5.36. The van der Waals surface area contributed by atoms with Gasteiger partial charge in [0.15, 0.2) is 0 Å². The molecule has 0 saturated heterocycles. The maximum atomic E-state index is 12.2. The lowest BCUT2D eigenvalue weighted by Crippen LogP contribution is -2.29. The Labute approximate surface area is 121 Å². The number of para-hydroxylation sites is 1. The Hall–Kier alpha value is -2.14. The number of rotatable bonds is 1. The molecule has 0 fully saturated rings. The summed E-state index contributed by atoms with van der Waals surface area (Å²) >= 11 is 0. The zero-order chi connectivity index (χ0) is 14.2. The van der Waals surface area contributed by atoms with Crippen LogP contribution >= 0.6 is 0 Å². The molecule has 2 aliphatic heterocycles. The number of nitrogens with zero attached hydrogens (tertiary/aromatic N) is 1. The average molecular weight is 284 g/mol. The van der Waals surface area contributed by atoms with Crippen molar-refractivity contribution in [3.63, 3.8) is 0 Å². The summed E-state index contributed by atoms with van der Waals surface area (Å²) < 4.78 is 11.1. The average Bonchev–Trinajstić information content (AvgIpc) is 2.54. The van der Waals surface area contributed by atoms with Crippen LogP contribution in [0.2, 0.25) is 0 Å². The van der Waals surface area contributed by atoms with Crippen LogP contribution in [0.15, 0.2) is 29.1 Å². The highest BCUT2D eigenvalue weighted by Crippen LogP contribution is 2.30. The number of nitrogens with one attached hydrogen (secondary N) is 1. The summed E-state index contributed by atoms with van der Waals surface area (Å²) in [5.74, 6) is 1.76. The van der Waals surface area contributed by atoms with E-state index in [1.54, 1.807) is 0 Å². The summed E-state index contributed by atoms with van der Waals surface area (Å²) in [4.78, 5) is 19.7. The van der Waals surface area contributed by atoms with Crippen LogP contribution in [0.25, 0.3) is 0 Å². The number of hydrogen-bond donors (Lipinski definition) is 1. The van der Waals surface area contributed by atoms with Crippen molar-refractivity contribution in [3.8, 4) is 5.75 Å². The van der Waals surface area contributed by atoms with Crippen LogP contribution in [0.1, 0.15) is 28.6 Å². The van der Waals surface area contributed by atoms with Gasteiger partial charge in [-0.1, -0.05) is 18.2 Å². The number of aromatic amines is 1. The molecule has 1 N–H and O–H groups in total. The van der Waals surface area contributed by atoms with Crippen molar-refractivity contribution in [2.24, 2.45) is 0 Å². The number of benzene rings is 1. The van der Waals surface area contributed by atoms with E-state index in [2.05, 4.69) is 16.0 Å². The number of hydrogen-bond acceptors (Lipinski definition) is 4. The van der Waals surface area contributed by atoms with Gasteiger partial charge in [0.2, 0.25) is 0 Å². The van der Waals surface area contributed by atoms with E-state index in [-0.39, 0.29) is 11.5 Å². The Kier molecular flexibility index (Phi) is 3.00. The number of aromatic nitrogens is 2. The van der Waals surface area contributed by atoms with Crippen LogP contribution in [0, 0.1) is 0 Å². The minimum absolute atomic E-state index is 0.0754. The van der Waals surface area contributed by atoms with Crippen molar-refractivity contribution in [1.29, 1.82) is 0 Å². The maximum absolute atomic E-state index is 12.2. The molecular formula is C16H16N2O3. The maximum Gasteiger partial charge on any atom is 0.256 e. The quantitative estimate of drug-likeness (QED) is 0.863. The van der Waals surface area contributed by atoms with Crippen LogP contribution in [-0.2, 0) is 24.2 Å². The van der Waals surface area contributed by atoms with E-state index in [0.29, 0.717) is 31.8 Å². The largest absolute Gasteiger partial charge is 0.493 e. The molecule has 2 aromatic rings. The molecule has 0 amide bonds. The molecule has 1 unspecified atom stereocenters. The predicted molar refractivity (Wildman–Crippen MR) is 76.6 cm³/mol. The van der Waals surface area contributed by atoms with Gasteiger partial charge in [-0.3, -0.25) is 4.79 Å². The Balaban J connectivity index is 1.69. The standard InChI is InChI=1S/C16H16N2O3/c19-16-12-9-20-6-5-13(12)17-15(18-16)11-7-10-3-1-2-4-14(10)21-8-11/h1-4,11H,5-9H2,(H,17,18,19). The fraction of sp³-hybridized carbons (Fsp3) is 0.375. The van der Waals surface area contributed by atoms with Crippen LogP contribution in [-0.4, -0.2) is 23.2 Å². The monoisotopic (exact) mass is 284 g/mol. The number of H-pyrrole nitrogens is 1. The van der Waals surface area contributed by atoms with Crippen molar-refractivity contribution in [2.75, 3.05) is 13.2 Å². The number of ether oxygens (including phenoxy) is 2. The van der Waals surface area contributed by atoms with E-state index < -0.39 is 0 Å². The van der Waals surface area contributed by atoms with Crippen molar-refractivity contribution >= 4 is 0 Å². The second kappa shape index (κ2) is 5.00. The summed E-state index contributed by atoms with van der Waals surface area (Å²) in [6.07, 6.45) is 1.55. The zero-order valence-corrected chi connectivity index (χ0v) is 11.6. The molecule has 3 heterocycles. The van der Waals surface area contributed by atoms with E-state index in [9.17, 15) is 4.79 Å². The van der Waals surface area contributed by atoms with Crippen LogP contribution in [0.5, 0.6) is 5.75 Å². The van der Waals surface area contributed by atoms with Crippen LogP contribution in [0.4, 0.5) is 0 Å². The Morgan fingerprint density at radius 2 is 2.19 bits per heavy atom. The van der Waals surface area contributed by atoms with Gasteiger partial charge < -0.3 is 14.5 Å². The fourth-order valence-electron chi connectivity index (χ4n) is 2.96. The van der Waals surface area contributed by atoms with E-state index >= 15 is 0 Å². The van der Waals surface area contributed by atoms with Crippen molar-refractivity contribution in [1.82, 2.24) is 9.97 Å². The first kappa shape index (κ1) is 12.6. The van der Waals surface area contributed by atoms with E-state index in [0.717, 1.165) is 29.3 Å². The second-order valence-corrected chi connectivity index (χ2v) is 5.50. The molecule has 1 atom stereocenters. The summed E-state index contributed by atoms with van der Waals surface area (Å²) in [6, 6.07) is 8.01. The molecule has 21 heavy (non-hydrogen) atoms. The van der Waals surface area contributed by atoms with Crippen molar-refractivity contribution in [2.45, 2.75) is 25.4 Å². The van der Waals surface area contributed by atoms with Gasteiger partial charge in [-0.05, 0) is 18.1 Å². The molecule has 4 rings (SSSR count). The highest BCUT2D eigenvalue weighted by Gasteiger charge is 2.25. The first-order valence-corrected chi connectivity index (χ1v) is 7.21. The van der Waals surface area contributed by atoms with Crippen LogP contribution in [0.3, 0.4) is 0 Å². The molecule has 1 aromatic heterocycles. The molecule has 0 radical (unpaired) electrons. The molecule has 5 heteroatoms. The lowest BCUT2D eigenvalue weighted by molar-refractivity contribution is 0.107. The molecule has 0 aliphatic carbocycles. The topological polar surface area (TPSA) is 64.2 Å². The highest BCUT2D eigenvalue weighted by atomic mass is 16.5. The molecule has 0 spiro atoms. The lowest BCUT2D eigenvalue weighted by Gasteiger charge is -2.25. The van der Waals surface area contributed by atoms with Gasteiger partial charge >= 0.3 is 0 Å². The van der Waals surface area contributed by atoms with E-state index in [1.165, 1.54) is 0 Å². The minimum Gasteiger partial charge on any atom is -0.493 e. The van der Waals surface area contributed by atoms with Gasteiger partial charge in [-0.2, -0.15) is 0 Å². The number of fused-ring (bicyclic) bond motifs is 2. The Morgan fingerprint density at radius 3 is 3.14 bits per heavy atom. The van der Waals surface area contributed by atoms with Gasteiger partial charge in [0, 0.05) is 6.42 Å². The van der Waals surface area contributed by atoms with Gasteiger partial charge in [0.1, 0.15) is 11.6 Å². The fourth-order valence-corrected chi connectivity index (χ4v) is 2.96. The van der Waals surface area contributed by atoms with Gasteiger partial charge in [0.25, 0.3) is 5.56 Å². The Morgan fingerprint density at radius 1 is 1.29 bits per heavy atom. The molecule has 1 aromatic carbocycles. The third kappa shape index (κ3) is 2.23. The normalized spacial score (nSPS) is 20.3. The molecule has 0 saturated carbocycles. The van der Waals surface area contributed by atoms with Gasteiger partial charge in [0.05, 0.1) is 37.0 Å². The lowest BCUT2D eigenvalue weighted by atomic mass is 9.95. The van der Waals surface area contributed by atoms with Crippen molar-refractivity contribution < 1.29 is 9.47 Å². The first-order chi connectivity index (χ1) is 10.3. The third-order valence-electron chi connectivity index (χ3n) is 4.11. The SMILES string of the molecule is O=c1[nH]c(C2COc3ccccc3C2)nc2c1COCC2. The Bertz CT molecular complexity index is 739. The molecule has 2 aliphatic rings. The van der Waals surface area contributed by atoms with Gasteiger partial charge in [-0.25, -0.2) is 4.98 Å². The summed E-state index contributed by atoms with van der Waals surface area (Å²) in [5, 5.41) is 0. The van der Waals surface area contributed by atoms with Gasteiger partial charge in [-0.15, -0.1) is 0 Å². The summed E-state index contributed by atoms with van der Waals surface area (Å²) in [7, 11) is 0. The molecule has 5 nitrogen and oxygen atoms in total. The summed E-state index contributed by atoms with van der Waals surface area (Å²) in [6.45, 7) is 1.55. The summed E-state index contributed by atoms with van der Waals surface area (Å²) in [5.41, 5.74) is 2.63. The smallest absolute Gasteiger partial charge is 0.256 e. The van der Waals surface area contributed by atoms with E-state index in [1.807, 2.05) is 18.2 Å². The molecule has 0 bridgehead atoms. The third-order valence-corrected chi connectivity index (χ3v) is 4.11. The zero-order valence-electron chi connectivity index (χ0n) is 11.6. The minimum atomic E-state index is -0.0754. The predicted octanol–water partition coefficient (Wildman–Crippen LogP) is 1.56. The van der Waals surface area contributed by atoms with Crippen molar-refractivity contribution in [3.05, 3.63) is 57.3 Å². The second-order valence-electron chi connectivity index (χ2n) is 5.50.